The van der Waals surface area contributed by atoms with E-state index in [1.807, 2.05) is 6.07 Å². The van der Waals surface area contributed by atoms with E-state index in [4.69, 9.17) is 4.74 Å². The third-order valence-electron chi connectivity index (χ3n) is 3.18. The van der Waals surface area contributed by atoms with E-state index in [-0.39, 0.29) is 0 Å². The number of hydrogen-bond acceptors (Lipinski definition) is 3. The minimum absolute atomic E-state index is 0.372. The molecular formula is C13H19BrN2O. The zero-order valence-electron chi connectivity index (χ0n) is 10.3. The van der Waals surface area contributed by atoms with Crippen LogP contribution in [0.2, 0.25) is 0 Å². The highest BCUT2D eigenvalue weighted by Gasteiger charge is 2.25. The highest BCUT2D eigenvalue weighted by Crippen LogP contribution is 2.25. The van der Waals surface area contributed by atoms with E-state index < -0.39 is 0 Å². The molecule has 3 nitrogen and oxygen atoms in total. The Kier molecular flexibility index (Phi) is 4.40. The molecule has 1 saturated heterocycles. The third kappa shape index (κ3) is 3.42. The summed E-state index contributed by atoms with van der Waals surface area (Å²) < 4.78 is 6.65. The average molecular weight is 299 g/mol. The van der Waals surface area contributed by atoms with Crippen molar-refractivity contribution < 1.29 is 4.74 Å². The van der Waals surface area contributed by atoms with E-state index in [0.29, 0.717) is 18.1 Å². The summed E-state index contributed by atoms with van der Waals surface area (Å²) in [5.74, 6) is 0.580. The van der Waals surface area contributed by atoms with Gasteiger partial charge in [-0.3, -0.25) is 0 Å². The van der Waals surface area contributed by atoms with Crippen molar-refractivity contribution in [3.8, 4) is 0 Å². The zero-order chi connectivity index (χ0) is 12.3. The molecule has 2 atom stereocenters. The quantitative estimate of drug-likeness (QED) is 0.868. The maximum atomic E-state index is 5.77. The van der Waals surface area contributed by atoms with E-state index in [1.54, 1.807) is 6.20 Å². The first-order valence-electron chi connectivity index (χ1n) is 6.15. The minimum Gasteiger partial charge on any atom is -0.380 e. The molecule has 0 radical (unpaired) electrons. The second-order valence-electron chi connectivity index (χ2n) is 4.86. The maximum Gasteiger partial charge on any atom is 0.129 e. The van der Waals surface area contributed by atoms with Crippen LogP contribution in [0.5, 0.6) is 0 Å². The Morgan fingerprint density at radius 1 is 1.53 bits per heavy atom. The lowest BCUT2D eigenvalue weighted by atomic mass is 9.95. The summed E-state index contributed by atoms with van der Waals surface area (Å²) in [6.45, 7) is 5.28. The van der Waals surface area contributed by atoms with Gasteiger partial charge in [0.15, 0.2) is 0 Å². The molecule has 0 bridgehead atoms. The fourth-order valence-electron chi connectivity index (χ4n) is 2.14. The van der Waals surface area contributed by atoms with Gasteiger partial charge in [-0.2, -0.15) is 0 Å². The molecule has 94 valence electrons. The first-order chi connectivity index (χ1) is 8.16. The summed E-state index contributed by atoms with van der Waals surface area (Å²) in [7, 11) is 0. The largest absolute Gasteiger partial charge is 0.380 e. The summed E-state index contributed by atoms with van der Waals surface area (Å²) in [6.07, 6.45) is 4.29. The number of anilines is 1. The fraction of sp³-hybridized carbons (Fsp3) is 0.615. The van der Waals surface area contributed by atoms with Crippen LogP contribution < -0.4 is 5.32 Å². The lowest BCUT2D eigenvalue weighted by Gasteiger charge is -2.33. The Labute approximate surface area is 111 Å². The van der Waals surface area contributed by atoms with Crippen LogP contribution in [0.1, 0.15) is 26.7 Å². The Bertz CT molecular complexity index is 370. The van der Waals surface area contributed by atoms with Crippen LogP contribution in [-0.2, 0) is 4.74 Å². The van der Waals surface area contributed by atoms with Gasteiger partial charge >= 0.3 is 0 Å². The van der Waals surface area contributed by atoms with E-state index >= 15 is 0 Å². The molecule has 0 spiro atoms. The van der Waals surface area contributed by atoms with Crippen LogP contribution in [0.25, 0.3) is 0 Å². The number of rotatable bonds is 3. The fourth-order valence-corrected chi connectivity index (χ4v) is 2.50. The number of ether oxygens (including phenoxy) is 1. The Balaban J connectivity index is 1.97. The number of hydrogen-bond donors (Lipinski definition) is 1. The van der Waals surface area contributed by atoms with E-state index in [2.05, 4.69) is 46.1 Å². The lowest BCUT2D eigenvalue weighted by Crippen LogP contribution is -2.36. The van der Waals surface area contributed by atoms with E-state index in [0.717, 1.165) is 29.7 Å². The van der Waals surface area contributed by atoms with Crippen molar-refractivity contribution in [2.24, 2.45) is 5.92 Å². The molecule has 0 aromatic carbocycles. The number of nitrogens with one attached hydrogen (secondary N) is 1. The van der Waals surface area contributed by atoms with Gasteiger partial charge in [-0.15, -0.1) is 0 Å². The third-order valence-corrected chi connectivity index (χ3v) is 3.81. The highest BCUT2D eigenvalue weighted by atomic mass is 79.9. The standard InChI is InChI=1S/C13H19BrN2O/c1-9(2)12-8-10(5-7-17-12)16-11-4-3-6-15-13(11)14/h3-4,6,9-10,12,16H,5,7-8H2,1-2H3. The van der Waals surface area contributed by atoms with Crippen molar-refractivity contribution in [1.82, 2.24) is 4.98 Å². The molecule has 1 aromatic rings. The number of aromatic nitrogens is 1. The van der Waals surface area contributed by atoms with E-state index in [9.17, 15) is 0 Å². The summed E-state index contributed by atoms with van der Waals surface area (Å²) in [5.41, 5.74) is 1.07. The smallest absolute Gasteiger partial charge is 0.129 e. The molecule has 2 rings (SSSR count). The molecule has 2 heterocycles. The average Bonchev–Trinajstić information content (AvgIpc) is 2.32. The highest BCUT2D eigenvalue weighted by molar-refractivity contribution is 9.10. The van der Waals surface area contributed by atoms with Gasteiger partial charge in [0, 0.05) is 18.8 Å². The van der Waals surface area contributed by atoms with Crippen molar-refractivity contribution in [2.75, 3.05) is 11.9 Å². The second-order valence-corrected chi connectivity index (χ2v) is 5.61. The van der Waals surface area contributed by atoms with Gasteiger partial charge in [-0.05, 0) is 46.8 Å². The molecule has 1 aliphatic rings. The van der Waals surface area contributed by atoms with E-state index in [1.165, 1.54) is 0 Å². The van der Waals surface area contributed by atoms with Gasteiger partial charge in [0.05, 0.1) is 11.8 Å². The molecule has 4 heteroatoms. The lowest BCUT2D eigenvalue weighted by molar-refractivity contribution is -0.0160. The van der Waals surface area contributed by atoms with Gasteiger partial charge in [0.2, 0.25) is 0 Å². The molecule has 0 aliphatic carbocycles. The van der Waals surface area contributed by atoms with Crippen LogP contribution in [0.4, 0.5) is 5.69 Å². The molecule has 1 aliphatic heterocycles. The van der Waals surface area contributed by atoms with Gasteiger partial charge in [0.1, 0.15) is 4.60 Å². The summed E-state index contributed by atoms with van der Waals surface area (Å²) in [6, 6.07) is 4.49. The van der Waals surface area contributed by atoms with Crippen LogP contribution in [0, 0.1) is 5.92 Å². The van der Waals surface area contributed by atoms with Crippen molar-refractivity contribution in [3.63, 3.8) is 0 Å². The normalized spacial score (nSPS) is 24.9. The number of nitrogens with zero attached hydrogens (tertiary/aromatic N) is 1. The molecular weight excluding hydrogens is 280 g/mol. The van der Waals surface area contributed by atoms with Gasteiger partial charge in [0.25, 0.3) is 0 Å². The van der Waals surface area contributed by atoms with Crippen LogP contribution >= 0.6 is 15.9 Å². The minimum atomic E-state index is 0.372. The molecule has 0 amide bonds. The first kappa shape index (κ1) is 12.8. The molecule has 2 unspecified atom stereocenters. The Hall–Kier alpha value is -0.610. The first-order valence-corrected chi connectivity index (χ1v) is 6.94. The predicted octanol–water partition coefficient (Wildman–Crippen LogP) is 3.46. The maximum absolute atomic E-state index is 5.77. The Morgan fingerprint density at radius 2 is 2.35 bits per heavy atom. The van der Waals surface area contributed by atoms with Crippen molar-refractivity contribution in [3.05, 3.63) is 22.9 Å². The number of pyridine rings is 1. The molecule has 1 aromatic heterocycles. The SMILES string of the molecule is CC(C)C1CC(Nc2cccnc2Br)CCO1. The summed E-state index contributed by atoms with van der Waals surface area (Å²) in [5, 5.41) is 3.54. The van der Waals surface area contributed by atoms with Crippen LogP contribution in [0.15, 0.2) is 22.9 Å². The Morgan fingerprint density at radius 3 is 3.06 bits per heavy atom. The van der Waals surface area contributed by atoms with Crippen molar-refractivity contribution in [1.29, 1.82) is 0 Å². The molecule has 1 fully saturated rings. The summed E-state index contributed by atoms with van der Waals surface area (Å²) in [4.78, 5) is 4.22. The van der Waals surface area contributed by atoms with Crippen LogP contribution in [-0.4, -0.2) is 23.7 Å². The predicted molar refractivity (Wildman–Crippen MR) is 73.2 cm³/mol. The van der Waals surface area contributed by atoms with Gasteiger partial charge < -0.3 is 10.1 Å². The van der Waals surface area contributed by atoms with Gasteiger partial charge in [-0.25, -0.2) is 4.98 Å². The molecule has 0 saturated carbocycles. The van der Waals surface area contributed by atoms with Crippen molar-refractivity contribution >= 4 is 21.6 Å². The monoisotopic (exact) mass is 298 g/mol. The molecule has 17 heavy (non-hydrogen) atoms. The molecule has 1 N–H and O–H groups in total. The zero-order valence-corrected chi connectivity index (χ0v) is 11.9. The van der Waals surface area contributed by atoms with Crippen LogP contribution in [0.3, 0.4) is 0 Å². The van der Waals surface area contributed by atoms with Crippen molar-refractivity contribution in [2.45, 2.75) is 38.8 Å². The topological polar surface area (TPSA) is 34.2 Å². The summed E-state index contributed by atoms with van der Waals surface area (Å²) >= 11 is 3.46. The van der Waals surface area contributed by atoms with Gasteiger partial charge in [-0.1, -0.05) is 13.8 Å². The second kappa shape index (κ2) is 5.83. The number of halogens is 1.